The minimum atomic E-state index is -0.513. The number of carbonyl (C=O) groups excluding carboxylic acids is 1. The van der Waals surface area contributed by atoms with Crippen LogP contribution in [0.2, 0.25) is 0 Å². The lowest BCUT2D eigenvalue weighted by Gasteiger charge is -2.22. The van der Waals surface area contributed by atoms with Gasteiger partial charge in [-0.15, -0.1) is 0 Å². The lowest BCUT2D eigenvalue weighted by molar-refractivity contribution is 0.0669. The van der Waals surface area contributed by atoms with E-state index in [4.69, 9.17) is 4.74 Å². The predicted molar refractivity (Wildman–Crippen MR) is 81.0 cm³/mol. The highest BCUT2D eigenvalue weighted by atomic mass is 19.1. The molecule has 0 bridgehead atoms. The van der Waals surface area contributed by atoms with E-state index >= 15 is 0 Å². The van der Waals surface area contributed by atoms with Crippen molar-refractivity contribution >= 4 is 11.7 Å². The number of hydrogen-bond donors (Lipinski definition) is 1. The third-order valence-electron chi connectivity index (χ3n) is 3.01. The molecule has 0 aliphatic carbocycles. The second kappa shape index (κ2) is 9.28. The van der Waals surface area contributed by atoms with E-state index in [1.165, 1.54) is 6.07 Å². The molecule has 0 spiro atoms. The molecule has 6 heteroatoms. The molecular formula is C15H24FN3O2. The minimum absolute atomic E-state index is 0.234. The van der Waals surface area contributed by atoms with Gasteiger partial charge in [0.25, 0.3) is 5.91 Å². The zero-order chi connectivity index (χ0) is 15.7. The van der Waals surface area contributed by atoms with Gasteiger partial charge in [-0.1, -0.05) is 6.92 Å². The monoisotopic (exact) mass is 297 g/mol. The third kappa shape index (κ3) is 5.30. The van der Waals surface area contributed by atoms with Crippen LogP contribution in [0.3, 0.4) is 0 Å². The Bertz CT molecular complexity index is 455. The Morgan fingerprint density at radius 2 is 2.19 bits per heavy atom. The molecule has 0 aliphatic rings. The number of halogens is 1. The highest BCUT2D eigenvalue weighted by Gasteiger charge is 2.19. The maximum atomic E-state index is 13.4. The number of rotatable bonds is 9. The Hall–Kier alpha value is -1.69. The van der Waals surface area contributed by atoms with Crippen molar-refractivity contribution in [2.75, 3.05) is 38.2 Å². The lowest BCUT2D eigenvalue weighted by Crippen LogP contribution is -2.34. The molecule has 21 heavy (non-hydrogen) atoms. The highest BCUT2D eigenvalue weighted by molar-refractivity contribution is 5.98. The first kappa shape index (κ1) is 17.4. The van der Waals surface area contributed by atoms with Crippen molar-refractivity contribution in [2.24, 2.45) is 0 Å². The Morgan fingerprint density at radius 1 is 1.43 bits per heavy atom. The molecule has 1 amide bonds. The summed E-state index contributed by atoms with van der Waals surface area (Å²) in [5.41, 5.74) is 0.266. The van der Waals surface area contributed by atoms with Crippen molar-refractivity contribution < 1.29 is 13.9 Å². The highest BCUT2D eigenvalue weighted by Crippen LogP contribution is 2.16. The molecule has 1 heterocycles. The van der Waals surface area contributed by atoms with Gasteiger partial charge in [-0.2, -0.15) is 0 Å². The number of likely N-dealkylation sites (N-methyl/N-ethyl adjacent to an activating group) is 1. The largest absolute Gasteiger partial charge is 0.380 e. The van der Waals surface area contributed by atoms with E-state index in [-0.39, 0.29) is 11.5 Å². The number of carbonyl (C=O) groups is 1. The summed E-state index contributed by atoms with van der Waals surface area (Å²) in [5.74, 6) is -0.317. The zero-order valence-corrected chi connectivity index (χ0v) is 13.0. The maximum Gasteiger partial charge on any atom is 0.257 e. The first-order valence-electron chi connectivity index (χ1n) is 7.40. The van der Waals surface area contributed by atoms with Crippen molar-refractivity contribution in [3.05, 3.63) is 23.6 Å². The summed E-state index contributed by atoms with van der Waals surface area (Å²) in [6.45, 7) is 8.58. The first-order valence-corrected chi connectivity index (χ1v) is 7.40. The van der Waals surface area contributed by atoms with Crippen LogP contribution in [0.4, 0.5) is 10.2 Å². The number of ether oxygens (including phenoxy) is 1. The molecule has 118 valence electrons. The van der Waals surface area contributed by atoms with Crippen LogP contribution >= 0.6 is 0 Å². The zero-order valence-electron chi connectivity index (χ0n) is 13.0. The molecule has 0 unspecified atom stereocenters. The van der Waals surface area contributed by atoms with Crippen LogP contribution < -0.4 is 5.32 Å². The molecule has 0 saturated heterocycles. The second-order valence-electron chi connectivity index (χ2n) is 4.56. The minimum Gasteiger partial charge on any atom is -0.380 e. The fourth-order valence-corrected chi connectivity index (χ4v) is 1.88. The van der Waals surface area contributed by atoms with Crippen molar-refractivity contribution in [1.29, 1.82) is 0 Å². The fraction of sp³-hybridized carbons (Fsp3) is 0.600. The third-order valence-corrected chi connectivity index (χ3v) is 3.01. The van der Waals surface area contributed by atoms with Gasteiger partial charge >= 0.3 is 0 Å². The summed E-state index contributed by atoms with van der Waals surface area (Å²) in [4.78, 5) is 18.1. The number of nitrogens with one attached hydrogen (secondary N) is 1. The van der Waals surface area contributed by atoms with Gasteiger partial charge < -0.3 is 15.0 Å². The predicted octanol–water partition coefficient (Wildman–Crippen LogP) is 2.54. The van der Waals surface area contributed by atoms with Gasteiger partial charge in [0.15, 0.2) is 0 Å². The molecule has 1 aromatic heterocycles. The topological polar surface area (TPSA) is 54.5 Å². The van der Waals surface area contributed by atoms with Crippen LogP contribution in [0.25, 0.3) is 0 Å². The van der Waals surface area contributed by atoms with E-state index in [9.17, 15) is 9.18 Å². The van der Waals surface area contributed by atoms with Crippen molar-refractivity contribution in [3.8, 4) is 0 Å². The molecule has 1 aromatic rings. The number of amides is 1. The van der Waals surface area contributed by atoms with Gasteiger partial charge in [0.2, 0.25) is 0 Å². The van der Waals surface area contributed by atoms with E-state index < -0.39 is 5.82 Å². The van der Waals surface area contributed by atoms with Gasteiger partial charge in [0.05, 0.1) is 18.4 Å². The molecule has 0 radical (unpaired) electrons. The standard InChI is InChI=1S/C15H24FN3O2/c1-4-7-17-14-13(10-12(16)11-18-14)15(20)19(5-2)8-9-21-6-3/h10-11H,4-9H2,1-3H3,(H,17,18). The molecule has 0 saturated carbocycles. The Labute approximate surface area is 125 Å². The summed E-state index contributed by atoms with van der Waals surface area (Å²) in [7, 11) is 0. The summed E-state index contributed by atoms with van der Waals surface area (Å²) >= 11 is 0. The van der Waals surface area contributed by atoms with E-state index in [1.807, 2.05) is 20.8 Å². The SMILES string of the molecule is CCCNc1ncc(F)cc1C(=O)N(CC)CCOCC. The van der Waals surface area contributed by atoms with Gasteiger partial charge in [0.1, 0.15) is 11.6 Å². The lowest BCUT2D eigenvalue weighted by atomic mass is 10.2. The molecule has 0 fully saturated rings. The van der Waals surface area contributed by atoms with E-state index in [0.717, 1.165) is 12.6 Å². The molecule has 0 aliphatic heterocycles. The van der Waals surface area contributed by atoms with Crippen LogP contribution in [-0.4, -0.2) is 48.6 Å². The molecule has 0 atom stereocenters. The van der Waals surface area contributed by atoms with Crippen molar-refractivity contribution in [3.63, 3.8) is 0 Å². The molecular weight excluding hydrogens is 273 g/mol. The van der Waals surface area contributed by atoms with Crippen molar-refractivity contribution in [2.45, 2.75) is 27.2 Å². The smallest absolute Gasteiger partial charge is 0.257 e. The van der Waals surface area contributed by atoms with Gasteiger partial charge in [-0.25, -0.2) is 9.37 Å². The fourth-order valence-electron chi connectivity index (χ4n) is 1.88. The number of anilines is 1. The van der Waals surface area contributed by atoms with E-state index in [1.54, 1.807) is 4.90 Å². The van der Waals surface area contributed by atoms with E-state index in [0.29, 0.717) is 38.7 Å². The summed E-state index contributed by atoms with van der Waals surface area (Å²) in [5, 5.41) is 3.06. The first-order chi connectivity index (χ1) is 10.1. The second-order valence-corrected chi connectivity index (χ2v) is 4.56. The van der Waals surface area contributed by atoms with Crippen LogP contribution in [0.15, 0.2) is 12.3 Å². The van der Waals surface area contributed by atoms with Crippen LogP contribution in [0.1, 0.15) is 37.6 Å². The van der Waals surface area contributed by atoms with Crippen molar-refractivity contribution in [1.82, 2.24) is 9.88 Å². The molecule has 1 N–H and O–H groups in total. The quantitative estimate of drug-likeness (QED) is 0.712. The average Bonchev–Trinajstić information content (AvgIpc) is 2.50. The summed E-state index contributed by atoms with van der Waals surface area (Å²) in [6, 6.07) is 1.23. The Kier molecular flexibility index (Phi) is 7.68. The molecule has 0 aromatic carbocycles. The van der Waals surface area contributed by atoms with Crippen LogP contribution in [0.5, 0.6) is 0 Å². The number of pyridine rings is 1. The summed E-state index contributed by atoms with van der Waals surface area (Å²) in [6.07, 6.45) is 2.01. The molecule has 1 rings (SSSR count). The average molecular weight is 297 g/mol. The number of aromatic nitrogens is 1. The van der Waals surface area contributed by atoms with E-state index in [2.05, 4.69) is 10.3 Å². The van der Waals surface area contributed by atoms with Gasteiger partial charge in [-0.05, 0) is 26.3 Å². The normalized spacial score (nSPS) is 10.5. The number of nitrogens with zero attached hydrogens (tertiary/aromatic N) is 2. The Morgan fingerprint density at radius 3 is 2.81 bits per heavy atom. The Balaban J connectivity index is 2.89. The maximum absolute atomic E-state index is 13.4. The van der Waals surface area contributed by atoms with Crippen LogP contribution in [0, 0.1) is 5.82 Å². The van der Waals surface area contributed by atoms with Gasteiger partial charge in [-0.3, -0.25) is 4.79 Å². The summed E-state index contributed by atoms with van der Waals surface area (Å²) < 4.78 is 18.7. The van der Waals surface area contributed by atoms with Gasteiger partial charge in [0, 0.05) is 26.2 Å². The van der Waals surface area contributed by atoms with Crippen LogP contribution in [-0.2, 0) is 4.74 Å². The molecule has 5 nitrogen and oxygen atoms in total. The number of hydrogen-bond acceptors (Lipinski definition) is 4.